The Labute approximate surface area is 111 Å². The van der Waals surface area contributed by atoms with Gasteiger partial charge in [-0.2, -0.15) is 11.8 Å². The van der Waals surface area contributed by atoms with Crippen molar-refractivity contribution < 1.29 is 13.9 Å². The van der Waals surface area contributed by atoms with E-state index in [1.165, 1.54) is 6.07 Å². The van der Waals surface area contributed by atoms with Crippen molar-refractivity contribution in [1.29, 1.82) is 0 Å². The lowest BCUT2D eigenvalue weighted by molar-refractivity contribution is 0.161. The van der Waals surface area contributed by atoms with Crippen molar-refractivity contribution in [3.05, 3.63) is 35.4 Å². The predicted molar refractivity (Wildman–Crippen MR) is 71.8 cm³/mol. The molecule has 0 radical (unpaired) electrons. The molecular weight excluding hydrogens is 256 g/mol. The van der Waals surface area contributed by atoms with Crippen LogP contribution in [0.3, 0.4) is 0 Å². The smallest absolute Gasteiger partial charge is 0.131 e. The molecule has 1 rings (SSSR count). The van der Waals surface area contributed by atoms with Gasteiger partial charge in [-0.1, -0.05) is 13.0 Å². The Morgan fingerprint density at radius 2 is 1.94 bits per heavy atom. The predicted octanol–water partition coefficient (Wildman–Crippen LogP) is 2.73. The highest BCUT2D eigenvalue weighted by Crippen LogP contribution is 2.20. The second kappa shape index (κ2) is 7.71. The zero-order valence-corrected chi connectivity index (χ0v) is 11.4. The Kier molecular flexibility index (Phi) is 6.60. The third kappa shape index (κ3) is 4.23. The lowest BCUT2D eigenvalue weighted by atomic mass is 10.1. The molecule has 2 atom stereocenters. The summed E-state index contributed by atoms with van der Waals surface area (Å²) in [6, 6.07) is 3.84. The monoisotopic (exact) mass is 275 g/mol. The van der Waals surface area contributed by atoms with Crippen molar-refractivity contribution in [3.8, 4) is 0 Å². The Bertz CT molecular complexity index is 356. The molecule has 0 saturated carbocycles. The second-order valence-corrected chi connectivity index (χ2v) is 5.03. The minimum atomic E-state index is -1.16. The fourth-order valence-electron chi connectivity index (χ4n) is 1.73. The van der Waals surface area contributed by atoms with E-state index in [2.05, 4.69) is 5.32 Å². The van der Waals surface area contributed by atoms with Crippen LogP contribution >= 0.6 is 11.8 Å². The molecule has 102 valence electrons. The standard InChI is InChI=1S/C13H19F2NOS/c1-3-9(8-18-2)16-7-12(17)13-10(14)5-4-6-11(13)15/h4-6,9,12,16-17H,3,7-8H2,1-2H3. The topological polar surface area (TPSA) is 32.3 Å². The highest BCUT2D eigenvalue weighted by Gasteiger charge is 2.18. The van der Waals surface area contributed by atoms with Gasteiger partial charge < -0.3 is 10.4 Å². The van der Waals surface area contributed by atoms with E-state index in [0.29, 0.717) is 0 Å². The molecule has 0 spiro atoms. The molecule has 2 N–H and O–H groups in total. The summed E-state index contributed by atoms with van der Waals surface area (Å²) in [5, 5.41) is 13.0. The van der Waals surface area contributed by atoms with E-state index < -0.39 is 17.7 Å². The van der Waals surface area contributed by atoms with Gasteiger partial charge in [-0.25, -0.2) is 8.78 Å². The summed E-state index contributed by atoms with van der Waals surface area (Å²) in [6.45, 7) is 2.18. The van der Waals surface area contributed by atoms with Crippen LogP contribution in [0.2, 0.25) is 0 Å². The van der Waals surface area contributed by atoms with E-state index >= 15 is 0 Å². The molecule has 0 heterocycles. The summed E-state index contributed by atoms with van der Waals surface area (Å²) < 4.78 is 26.8. The van der Waals surface area contributed by atoms with Gasteiger partial charge in [-0.3, -0.25) is 0 Å². The van der Waals surface area contributed by atoms with Crippen LogP contribution in [-0.2, 0) is 0 Å². The zero-order valence-electron chi connectivity index (χ0n) is 10.6. The van der Waals surface area contributed by atoms with Crippen molar-refractivity contribution >= 4 is 11.8 Å². The molecule has 0 amide bonds. The first-order valence-corrected chi connectivity index (χ1v) is 7.33. The van der Waals surface area contributed by atoms with E-state index in [0.717, 1.165) is 24.3 Å². The molecule has 0 aliphatic rings. The molecule has 5 heteroatoms. The van der Waals surface area contributed by atoms with Gasteiger partial charge in [0.2, 0.25) is 0 Å². The normalized spacial score (nSPS) is 14.5. The average Bonchev–Trinajstić information content (AvgIpc) is 2.34. The number of benzene rings is 1. The van der Waals surface area contributed by atoms with E-state index in [-0.39, 0.29) is 18.2 Å². The minimum Gasteiger partial charge on any atom is -0.387 e. The molecule has 0 aliphatic heterocycles. The lowest BCUT2D eigenvalue weighted by Gasteiger charge is -2.19. The van der Waals surface area contributed by atoms with Crippen molar-refractivity contribution in [1.82, 2.24) is 5.32 Å². The van der Waals surface area contributed by atoms with E-state index in [9.17, 15) is 13.9 Å². The largest absolute Gasteiger partial charge is 0.387 e. The summed E-state index contributed by atoms with van der Waals surface area (Å²) in [5.41, 5.74) is -0.260. The van der Waals surface area contributed by atoms with Crippen LogP contribution in [0, 0.1) is 11.6 Å². The number of rotatable bonds is 7. The molecule has 0 aliphatic carbocycles. The van der Waals surface area contributed by atoms with Crippen molar-refractivity contribution in [2.24, 2.45) is 0 Å². The fourth-order valence-corrected chi connectivity index (χ4v) is 2.49. The molecule has 0 saturated heterocycles. The van der Waals surface area contributed by atoms with Gasteiger partial charge in [0.15, 0.2) is 0 Å². The van der Waals surface area contributed by atoms with Crippen molar-refractivity contribution in [3.63, 3.8) is 0 Å². The fraction of sp³-hybridized carbons (Fsp3) is 0.538. The minimum absolute atomic E-state index is 0.150. The summed E-state index contributed by atoms with van der Waals surface area (Å²) in [6.07, 6.45) is 1.74. The quantitative estimate of drug-likeness (QED) is 0.802. The maximum absolute atomic E-state index is 13.4. The van der Waals surface area contributed by atoms with Crippen LogP contribution in [0.4, 0.5) is 8.78 Å². The van der Waals surface area contributed by atoms with Gasteiger partial charge in [-0.05, 0) is 24.8 Å². The Hall–Kier alpha value is -0.650. The molecule has 0 fully saturated rings. The van der Waals surface area contributed by atoms with Crippen LogP contribution in [-0.4, -0.2) is 29.7 Å². The molecule has 0 bridgehead atoms. The molecule has 2 nitrogen and oxygen atoms in total. The number of hydrogen-bond donors (Lipinski definition) is 2. The molecule has 2 unspecified atom stereocenters. The first-order chi connectivity index (χ1) is 8.60. The van der Waals surface area contributed by atoms with Gasteiger partial charge >= 0.3 is 0 Å². The van der Waals surface area contributed by atoms with E-state index in [1.54, 1.807) is 11.8 Å². The summed E-state index contributed by atoms with van der Waals surface area (Å²) >= 11 is 1.70. The maximum atomic E-state index is 13.4. The first-order valence-electron chi connectivity index (χ1n) is 5.94. The highest BCUT2D eigenvalue weighted by atomic mass is 32.2. The van der Waals surface area contributed by atoms with Gasteiger partial charge in [-0.15, -0.1) is 0 Å². The van der Waals surface area contributed by atoms with E-state index in [1.807, 2.05) is 13.2 Å². The van der Waals surface area contributed by atoms with Gasteiger partial charge in [0, 0.05) is 18.3 Å². The summed E-state index contributed by atoms with van der Waals surface area (Å²) in [7, 11) is 0. The van der Waals surface area contributed by atoms with Crippen LogP contribution in [0.5, 0.6) is 0 Å². The van der Waals surface area contributed by atoms with Crippen LogP contribution in [0.25, 0.3) is 0 Å². The number of hydrogen-bond acceptors (Lipinski definition) is 3. The maximum Gasteiger partial charge on any atom is 0.131 e. The van der Waals surface area contributed by atoms with Gasteiger partial charge in [0.1, 0.15) is 11.6 Å². The summed E-state index contributed by atoms with van der Waals surface area (Å²) in [4.78, 5) is 0. The van der Waals surface area contributed by atoms with Crippen LogP contribution in [0.15, 0.2) is 18.2 Å². The van der Waals surface area contributed by atoms with Crippen LogP contribution in [0.1, 0.15) is 25.0 Å². The zero-order chi connectivity index (χ0) is 13.5. The number of aliphatic hydroxyl groups is 1. The number of nitrogens with one attached hydrogen (secondary N) is 1. The average molecular weight is 275 g/mol. The third-order valence-electron chi connectivity index (χ3n) is 2.79. The first kappa shape index (κ1) is 15.4. The Balaban J connectivity index is 2.62. The molecule has 18 heavy (non-hydrogen) atoms. The highest BCUT2D eigenvalue weighted by molar-refractivity contribution is 7.98. The van der Waals surface area contributed by atoms with Crippen molar-refractivity contribution in [2.75, 3.05) is 18.6 Å². The Morgan fingerprint density at radius 1 is 1.33 bits per heavy atom. The van der Waals surface area contributed by atoms with Gasteiger partial charge in [0.25, 0.3) is 0 Å². The second-order valence-electron chi connectivity index (χ2n) is 4.12. The van der Waals surface area contributed by atoms with E-state index in [4.69, 9.17) is 0 Å². The van der Waals surface area contributed by atoms with Crippen molar-refractivity contribution in [2.45, 2.75) is 25.5 Å². The lowest BCUT2D eigenvalue weighted by Crippen LogP contribution is -2.34. The third-order valence-corrected chi connectivity index (χ3v) is 3.53. The number of thioether (sulfide) groups is 1. The SMILES string of the molecule is CCC(CSC)NCC(O)c1c(F)cccc1F. The van der Waals surface area contributed by atoms with Crippen LogP contribution < -0.4 is 5.32 Å². The number of aliphatic hydroxyl groups excluding tert-OH is 1. The molecule has 1 aromatic carbocycles. The molecular formula is C13H19F2NOS. The Morgan fingerprint density at radius 3 is 2.44 bits per heavy atom. The van der Waals surface area contributed by atoms with Gasteiger partial charge in [0.05, 0.1) is 11.7 Å². The molecule has 0 aromatic heterocycles. The molecule has 1 aromatic rings. The summed E-state index contributed by atoms with van der Waals surface area (Å²) in [5.74, 6) is -0.507. The number of halogens is 2.